The number of nitrogens with one attached hydrogen (secondary N) is 1. The molecule has 1 aromatic carbocycles. The first kappa shape index (κ1) is 17.1. The number of benzene rings is 1. The molecule has 1 aromatic rings. The van der Waals surface area contributed by atoms with Gasteiger partial charge in [-0.15, -0.1) is 0 Å². The molecule has 1 rings (SSSR count). The number of hydrogen-bond acceptors (Lipinski definition) is 4. The lowest BCUT2D eigenvalue weighted by Gasteiger charge is -2.18. The molecule has 0 saturated heterocycles. The summed E-state index contributed by atoms with van der Waals surface area (Å²) in [5.74, 6) is 0.428. The minimum absolute atomic E-state index is 0.0119. The van der Waals surface area contributed by atoms with Gasteiger partial charge in [0.1, 0.15) is 0 Å². The van der Waals surface area contributed by atoms with Crippen molar-refractivity contribution >= 4 is 0 Å². The molecule has 0 aliphatic rings. The summed E-state index contributed by atoms with van der Waals surface area (Å²) in [5.41, 5.74) is 1.31. The van der Waals surface area contributed by atoms with Gasteiger partial charge >= 0.3 is 0 Å². The van der Waals surface area contributed by atoms with E-state index in [9.17, 15) is 5.11 Å². The normalized spacial score (nSPS) is 15.8. The molecular formula is C16H27NO3. The minimum atomic E-state index is -0.489. The number of aliphatic hydroxyl groups excluding tert-OH is 1. The zero-order valence-electron chi connectivity index (χ0n) is 12.7. The zero-order valence-corrected chi connectivity index (χ0v) is 12.7. The highest BCUT2D eigenvalue weighted by atomic mass is 16.5. The third kappa shape index (κ3) is 7.01. The number of ether oxygens (including phenoxy) is 2. The van der Waals surface area contributed by atoms with Gasteiger partial charge in [-0.1, -0.05) is 37.3 Å². The second-order valence-corrected chi connectivity index (χ2v) is 5.22. The van der Waals surface area contributed by atoms with Crippen molar-refractivity contribution < 1.29 is 14.6 Å². The fourth-order valence-electron chi connectivity index (χ4n) is 1.98. The van der Waals surface area contributed by atoms with Crippen LogP contribution in [0.3, 0.4) is 0 Å². The van der Waals surface area contributed by atoms with Crippen molar-refractivity contribution in [3.63, 3.8) is 0 Å². The Morgan fingerprint density at radius 1 is 1.10 bits per heavy atom. The smallest absolute Gasteiger partial charge is 0.0897 e. The summed E-state index contributed by atoms with van der Waals surface area (Å²) >= 11 is 0. The third-order valence-electron chi connectivity index (χ3n) is 3.17. The van der Waals surface area contributed by atoms with Crippen LogP contribution in [0.15, 0.2) is 30.3 Å². The maximum Gasteiger partial charge on any atom is 0.0897 e. The van der Waals surface area contributed by atoms with Crippen LogP contribution in [0, 0.1) is 0 Å². The first-order valence-corrected chi connectivity index (χ1v) is 7.17. The van der Waals surface area contributed by atoms with Crippen molar-refractivity contribution in [1.82, 2.24) is 5.32 Å². The van der Waals surface area contributed by atoms with E-state index in [-0.39, 0.29) is 6.10 Å². The van der Waals surface area contributed by atoms with E-state index in [1.807, 2.05) is 25.1 Å². The SMILES string of the molecule is COCC(C)OCC(O)CNCC(C)c1ccccc1. The second kappa shape index (κ2) is 9.88. The van der Waals surface area contributed by atoms with E-state index >= 15 is 0 Å². The Bertz CT molecular complexity index is 345. The van der Waals surface area contributed by atoms with Crippen LogP contribution < -0.4 is 5.32 Å². The van der Waals surface area contributed by atoms with Crippen LogP contribution >= 0.6 is 0 Å². The summed E-state index contributed by atoms with van der Waals surface area (Å²) in [7, 11) is 1.64. The summed E-state index contributed by atoms with van der Waals surface area (Å²) in [4.78, 5) is 0. The average molecular weight is 281 g/mol. The van der Waals surface area contributed by atoms with Gasteiger partial charge < -0.3 is 19.9 Å². The van der Waals surface area contributed by atoms with Crippen LogP contribution in [0.2, 0.25) is 0 Å². The lowest BCUT2D eigenvalue weighted by atomic mass is 10.0. The average Bonchev–Trinajstić information content (AvgIpc) is 2.46. The second-order valence-electron chi connectivity index (χ2n) is 5.22. The van der Waals surface area contributed by atoms with Crippen molar-refractivity contribution in [2.45, 2.75) is 32.0 Å². The van der Waals surface area contributed by atoms with Crippen molar-refractivity contribution in [3.8, 4) is 0 Å². The van der Waals surface area contributed by atoms with E-state index in [2.05, 4.69) is 24.4 Å². The summed E-state index contributed by atoms with van der Waals surface area (Å²) in [6.07, 6.45) is -0.477. The predicted octanol–water partition coefficient (Wildman–Crippen LogP) is 1.79. The number of aliphatic hydroxyl groups is 1. The molecule has 4 nitrogen and oxygen atoms in total. The molecule has 0 fully saturated rings. The van der Waals surface area contributed by atoms with Gasteiger partial charge in [0.25, 0.3) is 0 Å². The molecule has 0 aliphatic heterocycles. The number of rotatable bonds is 10. The standard InChI is InChI=1S/C16H27NO3/c1-13(15-7-5-4-6-8-15)9-17-10-16(18)12-20-14(2)11-19-3/h4-8,13-14,16-18H,9-12H2,1-3H3. The summed E-state index contributed by atoms with van der Waals surface area (Å²) < 4.78 is 10.4. The van der Waals surface area contributed by atoms with E-state index in [4.69, 9.17) is 9.47 Å². The molecule has 2 N–H and O–H groups in total. The Morgan fingerprint density at radius 2 is 1.80 bits per heavy atom. The molecule has 0 aromatic heterocycles. The highest BCUT2D eigenvalue weighted by Crippen LogP contribution is 2.12. The van der Waals surface area contributed by atoms with Gasteiger partial charge in [-0.25, -0.2) is 0 Å². The highest BCUT2D eigenvalue weighted by molar-refractivity contribution is 5.18. The quantitative estimate of drug-likeness (QED) is 0.686. The Kier molecular flexibility index (Phi) is 8.46. The molecule has 0 amide bonds. The molecular weight excluding hydrogens is 254 g/mol. The van der Waals surface area contributed by atoms with Gasteiger partial charge in [0.05, 0.1) is 25.4 Å². The molecule has 0 bridgehead atoms. The van der Waals surface area contributed by atoms with Gasteiger partial charge in [0.2, 0.25) is 0 Å². The third-order valence-corrected chi connectivity index (χ3v) is 3.17. The van der Waals surface area contributed by atoms with Crippen LogP contribution in [0.1, 0.15) is 25.3 Å². The number of hydrogen-bond donors (Lipinski definition) is 2. The molecule has 0 heterocycles. The Labute approximate surface area is 122 Å². The molecule has 20 heavy (non-hydrogen) atoms. The molecule has 0 radical (unpaired) electrons. The lowest BCUT2D eigenvalue weighted by molar-refractivity contribution is -0.0310. The summed E-state index contributed by atoms with van der Waals surface area (Å²) in [6.45, 7) is 6.36. The van der Waals surface area contributed by atoms with Gasteiger partial charge in [-0.2, -0.15) is 0 Å². The Morgan fingerprint density at radius 3 is 2.45 bits per heavy atom. The van der Waals surface area contributed by atoms with Crippen LogP contribution in [0.4, 0.5) is 0 Å². The monoisotopic (exact) mass is 281 g/mol. The molecule has 4 heteroatoms. The molecule has 3 unspecified atom stereocenters. The van der Waals surface area contributed by atoms with Gasteiger partial charge in [-0.05, 0) is 18.4 Å². The van der Waals surface area contributed by atoms with Crippen molar-refractivity contribution in [3.05, 3.63) is 35.9 Å². The largest absolute Gasteiger partial charge is 0.389 e. The fourth-order valence-corrected chi connectivity index (χ4v) is 1.98. The molecule has 3 atom stereocenters. The summed E-state index contributed by atoms with van der Waals surface area (Å²) in [5, 5.41) is 13.1. The summed E-state index contributed by atoms with van der Waals surface area (Å²) in [6, 6.07) is 10.4. The van der Waals surface area contributed by atoms with E-state index in [0.717, 1.165) is 6.54 Å². The Hall–Kier alpha value is -0.940. The number of methoxy groups -OCH3 is 1. The first-order valence-electron chi connectivity index (χ1n) is 7.17. The topological polar surface area (TPSA) is 50.7 Å². The molecule has 0 spiro atoms. The van der Waals surface area contributed by atoms with Crippen molar-refractivity contribution in [2.75, 3.05) is 33.4 Å². The lowest BCUT2D eigenvalue weighted by Crippen LogP contribution is -2.34. The molecule has 114 valence electrons. The van der Waals surface area contributed by atoms with Crippen LogP contribution in [-0.2, 0) is 9.47 Å². The first-order chi connectivity index (χ1) is 9.63. The van der Waals surface area contributed by atoms with E-state index in [1.54, 1.807) is 7.11 Å². The van der Waals surface area contributed by atoms with Crippen LogP contribution in [0.25, 0.3) is 0 Å². The van der Waals surface area contributed by atoms with Crippen molar-refractivity contribution in [2.24, 2.45) is 0 Å². The maximum atomic E-state index is 9.82. The van der Waals surface area contributed by atoms with Crippen molar-refractivity contribution in [1.29, 1.82) is 0 Å². The molecule has 0 aliphatic carbocycles. The maximum absolute atomic E-state index is 9.82. The van der Waals surface area contributed by atoms with E-state index in [1.165, 1.54) is 5.56 Å². The predicted molar refractivity (Wildman–Crippen MR) is 81.0 cm³/mol. The molecule has 0 saturated carbocycles. The fraction of sp³-hybridized carbons (Fsp3) is 0.625. The van der Waals surface area contributed by atoms with Crippen LogP contribution in [-0.4, -0.2) is 50.7 Å². The van der Waals surface area contributed by atoms with E-state index < -0.39 is 6.10 Å². The minimum Gasteiger partial charge on any atom is -0.389 e. The van der Waals surface area contributed by atoms with Gasteiger partial charge in [0, 0.05) is 20.2 Å². The van der Waals surface area contributed by atoms with Gasteiger partial charge in [-0.3, -0.25) is 0 Å². The van der Waals surface area contributed by atoms with E-state index in [0.29, 0.717) is 25.7 Å². The van der Waals surface area contributed by atoms with Crippen LogP contribution in [0.5, 0.6) is 0 Å². The highest BCUT2D eigenvalue weighted by Gasteiger charge is 2.09. The zero-order chi connectivity index (χ0) is 14.8. The Balaban J connectivity index is 2.14. The van der Waals surface area contributed by atoms with Gasteiger partial charge in [0.15, 0.2) is 0 Å².